The zero-order valence-corrected chi connectivity index (χ0v) is 12.2. The highest BCUT2D eigenvalue weighted by Crippen LogP contribution is 2.38. The molecule has 0 unspecified atom stereocenters. The van der Waals surface area contributed by atoms with Crippen molar-refractivity contribution in [3.63, 3.8) is 0 Å². The average Bonchev–Trinajstić information content (AvgIpc) is 2.28. The largest absolute Gasteiger partial charge is 0.490 e. The zero-order chi connectivity index (χ0) is 13.2. The molecule has 1 aliphatic rings. The van der Waals surface area contributed by atoms with E-state index >= 15 is 0 Å². The number of hydrogen-bond donors (Lipinski definition) is 0. The Balaban J connectivity index is 1.98. The molecule has 1 aromatic carbocycles. The van der Waals surface area contributed by atoms with Gasteiger partial charge in [-0.05, 0) is 61.6 Å². The Morgan fingerprint density at radius 3 is 2.61 bits per heavy atom. The van der Waals surface area contributed by atoms with Crippen molar-refractivity contribution in [2.75, 3.05) is 0 Å². The molecule has 1 aromatic rings. The van der Waals surface area contributed by atoms with Crippen molar-refractivity contribution >= 4 is 0 Å². The summed E-state index contributed by atoms with van der Waals surface area (Å²) in [5, 5.41) is 0. The maximum absolute atomic E-state index is 6.16. The molecule has 100 valence electrons. The second-order valence-corrected chi connectivity index (χ2v) is 6.79. The molecule has 1 fully saturated rings. The van der Waals surface area contributed by atoms with Crippen LogP contribution in [0.2, 0.25) is 0 Å². The van der Waals surface area contributed by atoms with E-state index in [-0.39, 0.29) is 0 Å². The highest BCUT2D eigenvalue weighted by Gasteiger charge is 2.31. The SMILES string of the molecule is Cc1cccc(O[C@@H]2CCC[C@H](C(C)(C)C)C2)c1. The lowest BCUT2D eigenvalue weighted by molar-refractivity contribution is 0.0746. The van der Waals surface area contributed by atoms with Gasteiger partial charge in [0.25, 0.3) is 0 Å². The molecule has 2 atom stereocenters. The Labute approximate surface area is 112 Å². The predicted octanol–water partition coefficient (Wildman–Crippen LogP) is 4.98. The molecule has 0 bridgehead atoms. The van der Waals surface area contributed by atoms with Gasteiger partial charge in [0.1, 0.15) is 5.75 Å². The quantitative estimate of drug-likeness (QED) is 0.715. The highest BCUT2D eigenvalue weighted by molar-refractivity contribution is 5.27. The normalized spacial score (nSPS) is 24.9. The van der Waals surface area contributed by atoms with Crippen LogP contribution in [0, 0.1) is 18.3 Å². The molecule has 0 saturated heterocycles. The molecule has 1 heteroatoms. The van der Waals surface area contributed by atoms with Crippen molar-refractivity contribution in [1.29, 1.82) is 0 Å². The average molecular weight is 246 g/mol. The van der Waals surface area contributed by atoms with E-state index in [0.717, 1.165) is 11.7 Å². The van der Waals surface area contributed by atoms with Gasteiger partial charge in [-0.2, -0.15) is 0 Å². The summed E-state index contributed by atoms with van der Waals surface area (Å²) in [4.78, 5) is 0. The van der Waals surface area contributed by atoms with Gasteiger partial charge in [-0.25, -0.2) is 0 Å². The Morgan fingerprint density at radius 2 is 1.94 bits per heavy atom. The monoisotopic (exact) mass is 246 g/mol. The van der Waals surface area contributed by atoms with Gasteiger partial charge in [0, 0.05) is 0 Å². The summed E-state index contributed by atoms with van der Waals surface area (Å²) in [6.45, 7) is 9.18. The first kappa shape index (κ1) is 13.5. The third-order valence-corrected chi connectivity index (χ3v) is 4.14. The van der Waals surface area contributed by atoms with Crippen molar-refractivity contribution in [3.05, 3.63) is 29.8 Å². The molecule has 1 nitrogen and oxygen atoms in total. The first-order valence-electron chi connectivity index (χ1n) is 7.18. The van der Waals surface area contributed by atoms with Crippen LogP contribution in [-0.2, 0) is 0 Å². The van der Waals surface area contributed by atoms with Crippen LogP contribution in [-0.4, -0.2) is 6.10 Å². The topological polar surface area (TPSA) is 9.23 Å². The van der Waals surface area contributed by atoms with E-state index in [9.17, 15) is 0 Å². The number of aryl methyl sites for hydroxylation is 1. The number of benzene rings is 1. The summed E-state index contributed by atoms with van der Waals surface area (Å²) >= 11 is 0. The predicted molar refractivity (Wildman–Crippen MR) is 77.0 cm³/mol. The molecule has 0 N–H and O–H groups in total. The first-order valence-corrected chi connectivity index (χ1v) is 7.18. The molecule has 2 rings (SSSR count). The minimum absolute atomic E-state index is 0.407. The Hall–Kier alpha value is -0.980. The smallest absolute Gasteiger partial charge is 0.119 e. The molecular formula is C17H26O. The highest BCUT2D eigenvalue weighted by atomic mass is 16.5. The van der Waals surface area contributed by atoms with Crippen LogP contribution in [0.1, 0.15) is 52.0 Å². The molecular weight excluding hydrogens is 220 g/mol. The van der Waals surface area contributed by atoms with Gasteiger partial charge in [0.15, 0.2) is 0 Å². The van der Waals surface area contributed by atoms with Crippen LogP contribution in [0.4, 0.5) is 0 Å². The van der Waals surface area contributed by atoms with Crippen molar-refractivity contribution in [1.82, 2.24) is 0 Å². The minimum Gasteiger partial charge on any atom is -0.490 e. The summed E-state index contributed by atoms with van der Waals surface area (Å²) in [5.41, 5.74) is 1.69. The molecule has 18 heavy (non-hydrogen) atoms. The van der Waals surface area contributed by atoms with Crippen LogP contribution in [0.3, 0.4) is 0 Å². The Kier molecular flexibility index (Phi) is 3.99. The van der Waals surface area contributed by atoms with Crippen molar-refractivity contribution in [2.24, 2.45) is 11.3 Å². The van der Waals surface area contributed by atoms with Gasteiger partial charge in [-0.1, -0.05) is 32.9 Å². The number of rotatable bonds is 2. The Morgan fingerprint density at radius 1 is 1.17 bits per heavy atom. The molecule has 1 saturated carbocycles. The lowest BCUT2D eigenvalue weighted by atomic mass is 9.71. The lowest BCUT2D eigenvalue weighted by Gasteiger charge is -2.37. The first-order chi connectivity index (χ1) is 8.45. The van der Waals surface area contributed by atoms with E-state index in [4.69, 9.17) is 4.74 Å². The summed E-state index contributed by atoms with van der Waals surface area (Å²) in [6.07, 6.45) is 5.48. The van der Waals surface area contributed by atoms with E-state index in [0.29, 0.717) is 11.5 Å². The standard InChI is InChI=1S/C17H26O/c1-13-7-5-9-15(11-13)18-16-10-6-8-14(12-16)17(2,3)4/h5,7,9,11,14,16H,6,8,10,12H2,1-4H3/t14-,16+/m0/s1. The van der Waals surface area contributed by atoms with Crippen LogP contribution in [0.15, 0.2) is 24.3 Å². The maximum atomic E-state index is 6.16. The van der Waals surface area contributed by atoms with E-state index in [1.54, 1.807) is 0 Å². The third-order valence-electron chi connectivity index (χ3n) is 4.14. The summed E-state index contributed by atoms with van der Waals surface area (Å²) in [6, 6.07) is 8.41. The molecule has 1 aliphatic carbocycles. The summed E-state index contributed by atoms with van der Waals surface area (Å²) in [7, 11) is 0. The van der Waals surface area contributed by atoms with E-state index in [1.807, 2.05) is 0 Å². The lowest BCUT2D eigenvalue weighted by Crippen LogP contribution is -2.32. The second kappa shape index (κ2) is 5.34. The molecule has 0 amide bonds. The fourth-order valence-electron chi connectivity index (χ4n) is 2.92. The fraction of sp³-hybridized carbons (Fsp3) is 0.647. The summed E-state index contributed by atoms with van der Waals surface area (Å²) < 4.78 is 6.16. The molecule has 0 spiro atoms. The summed E-state index contributed by atoms with van der Waals surface area (Å²) in [5.74, 6) is 1.83. The van der Waals surface area contributed by atoms with Crippen LogP contribution >= 0.6 is 0 Å². The molecule has 0 radical (unpaired) electrons. The third kappa shape index (κ3) is 3.51. The van der Waals surface area contributed by atoms with Gasteiger partial charge in [-0.3, -0.25) is 0 Å². The molecule has 0 heterocycles. The Bertz CT molecular complexity index is 389. The van der Waals surface area contributed by atoms with E-state index in [1.165, 1.54) is 31.2 Å². The molecule has 0 aromatic heterocycles. The minimum atomic E-state index is 0.407. The molecule has 0 aliphatic heterocycles. The zero-order valence-electron chi connectivity index (χ0n) is 12.2. The fourth-order valence-corrected chi connectivity index (χ4v) is 2.92. The van der Waals surface area contributed by atoms with Gasteiger partial charge >= 0.3 is 0 Å². The van der Waals surface area contributed by atoms with Crippen molar-refractivity contribution < 1.29 is 4.74 Å². The van der Waals surface area contributed by atoms with E-state index < -0.39 is 0 Å². The van der Waals surface area contributed by atoms with Gasteiger partial charge in [0.05, 0.1) is 6.10 Å². The number of ether oxygens (including phenoxy) is 1. The van der Waals surface area contributed by atoms with E-state index in [2.05, 4.69) is 52.0 Å². The second-order valence-electron chi connectivity index (χ2n) is 6.79. The van der Waals surface area contributed by atoms with Crippen LogP contribution in [0.5, 0.6) is 5.75 Å². The van der Waals surface area contributed by atoms with Gasteiger partial charge in [0.2, 0.25) is 0 Å². The number of hydrogen-bond acceptors (Lipinski definition) is 1. The maximum Gasteiger partial charge on any atom is 0.119 e. The van der Waals surface area contributed by atoms with Crippen LogP contribution in [0.25, 0.3) is 0 Å². The van der Waals surface area contributed by atoms with Gasteiger partial charge < -0.3 is 4.74 Å². The van der Waals surface area contributed by atoms with Gasteiger partial charge in [-0.15, -0.1) is 0 Å². The van der Waals surface area contributed by atoms with Crippen LogP contribution < -0.4 is 4.74 Å². The van der Waals surface area contributed by atoms with Crippen molar-refractivity contribution in [2.45, 2.75) is 59.5 Å². The van der Waals surface area contributed by atoms with Crippen molar-refractivity contribution in [3.8, 4) is 5.75 Å².